The molecule has 1 saturated carbocycles. The summed E-state index contributed by atoms with van der Waals surface area (Å²) >= 11 is 6.34. The molecule has 0 aromatic carbocycles. The van der Waals surface area contributed by atoms with Gasteiger partial charge in [-0.25, -0.2) is 18.1 Å². The number of sulfonamides is 1. The second-order valence-corrected chi connectivity index (χ2v) is 9.79. The third-order valence-electron chi connectivity index (χ3n) is 5.68. The van der Waals surface area contributed by atoms with Crippen LogP contribution in [0.2, 0.25) is 5.15 Å². The number of aromatic nitrogens is 2. The number of aliphatic imine (C=N–C) groups is 1. The van der Waals surface area contributed by atoms with Gasteiger partial charge < -0.3 is 15.3 Å². The normalized spacial score (nSPS) is 20.3. The highest BCUT2D eigenvalue weighted by molar-refractivity contribution is 7.89. The number of anilines is 2. The molecule has 0 spiro atoms. The first-order valence-corrected chi connectivity index (χ1v) is 12.1. The Morgan fingerprint density at radius 3 is 2.74 bits per heavy atom. The van der Waals surface area contributed by atoms with Crippen LogP contribution < -0.4 is 14.9 Å². The molecule has 166 valence electrons. The van der Waals surface area contributed by atoms with Crippen molar-refractivity contribution in [2.24, 2.45) is 4.99 Å². The third-order valence-corrected chi connectivity index (χ3v) is 7.41. The number of fused-ring (bicyclic) bond motifs is 1. The summed E-state index contributed by atoms with van der Waals surface area (Å²) in [7, 11) is -2.19. The summed E-state index contributed by atoms with van der Waals surface area (Å²) in [5, 5.41) is 14.7. The number of amidine groups is 1. The van der Waals surface area contributed by atoms with E-state index in [-0.39, 0.29) is 17.5 Å². The lowest BCUT2D eigenvalue weighted by molar-refractivity contribution is 0.197. The molecule has 2 aliphatic rings. The lowest BCUT2D eigenvalue weighted by atomic mass is 9.90. The van der Waals surface area contributed by atoms with Gasteiger partial charge in [-0.05, 0) is 56.5 Å². The highest BCUT2D eigenvalue weighted by Crippen LogP contribution is 2.39. The Kier molecular flexibility index (Phi) is 6.16. The summed E-state index contributed by atoms with van der Waals surface area (Å²) < 4.78 is 25.9. The zero-order valence-electron chi connectivity index (χ0n) is 17.3. The molecule has 2 aromatic heterocycles. The predicted octanol–water partition coefficient (Wildman–Crippen LogP) is 2.30. The molecule has 0 radical (unpaired) electrons. The van der Waals surface area contributed by atoms with Crippen LogP contribution in [-0.4, -0.2) is 48.6 Å². The molecule has 31 heavy (non-hydrogen) atoms. The van der Waals surface area contributed by atoms with Crippen molar-refractivity contribution in [1.29, 1.82) is 0 Å². The van der Waals surface area contributed by atoms with E-state index >= 15 is 0 Å². The standard InChI is InChI=1S/C20H25ClN6O3S/c1-3-12-9-16-19(26-17(12)21)27(14-5-4-6-14)20(28)18(25-16)24-10-13-7-8-15(11-23-13)31(29,30)22-2/h7-9,11,14,20,22,28H,3-6,10H2,1-2H3,(H,24,25). The molecule has 3 N–H and O–H groups in total. The van der Waals surface area contributed by atoms with Gasteiger partial charge in [-0.15, -0.1) is 0 Å². The van der Waals surface area contributed by atoms with Crippen LogP contribution in [0, 0.1) is 0 Å². The maximum Gasteiger partial charge on any atom is 0.241 e. The minimum Gasteiger partial charge on any atom is -0.367 e. The van der Waals surface area contributed by atoms with Crippen LogP contribution in [0.4, 0.5) is 11.5 Å². The van der Waals surface area contributed by atoms with Gasteiger partial charge in [0.2, 0.25) is 10.0 Å². The number of halogens is 1. The first-order chi connectivity index (χ1) is 14.8. The van der Waals surface area contributed by atoms with E-state index in [0.29, 0.717) is 22.5 Å². The molecular weight excluding hydrogens is 440 g/mol. The summed E-state index contributed by atoms with van der Waals surface area (Å²) in [6.45, 7) is 2.20. The van der Waals surface area contributed by atoms with E-state index in [1.165, 1.54) is 19.3 Å². The summed E-state index contributed by atoms with van der Waals surface area (Å²) in [6.07, 6.45) is 4.11. The Bertz CT molecular complexity index is 1100. The minimum atomic E-state index is -3.54. The van der Waals surface area contributed by atoms with Gasteiger partial charge in [0, 0.05) is 12.2 Å². The molecule has 1 aliphatic carbocycles. The molecule has 2 aromatic rings. The lowest BCUT2D eigenvalue weighted by Crippen LogP contribution is -2.55. The summed E-state index contributed by atoms with van der Waals surface area (Å²) in [6, 6.07) is 5.22. The van der Waals surface area contributed by atoms with Crippen molar-refractivity contribution >= 4 is 39.0 Å². The summed E-state index contributed by atoms with van der Waals surface area (Å²) in [5.74, 6) is 1.04. The molecule has 1 unspecified atom stereocenters. The Labute approximate surface area is 186 Å². The number of hydrogen-bond acceptors (Lipinski definition) is 7. The predicted molar refractivity (Wildman–Crippen MR) is 120 cm³/mol. The minimum absolute atomic E-state index is 0.0855. The molecule has 1 aliphatic heterocycles. The number of aryl methyl sites for hydroxylation is 1. The SMILES string of the molecule is CCc1cc2c(nc1Cl)N(C1CCC1)C(O)C(=NCc1ccc(S(=O)(=O)NC)cn1)N2. The lowest BCUT2D eigenvalue weighted by Gasteiger charge is -2.44. The van der Waals surface area contributed by atoms with Gasteiger partial charge in [0.05, 0.1) is 17.9 Å². The van der Waals surface area contributed by atoms with E-state index in [4.69, 9.17) is 11.6 Å². The van der Waals surface area contributed by atoms with Gasteiger partial charge in [0.25, 0.3) is 0 Å². The van der Waals surface area contributed by atoms with Crippen molar-refractivity contribution in [3.63, 3.8) is 0 Å². The molecular formula is C20H25ClN6O3S. The first kappa shape index (κ1) is 21.9. The van der Waals surface area contributed by atoms with E-state index in [1.807, 2.05) is 17.9 Å². The van der Waals surface area contributed by atoms with E-state index in [0.717, 1.165) is 36.9 Å². The van der Waals surface area contributed by atoms with Crippen molar-refractivity contribution in [2.45, 2.75) is 56.3 Å². The molecule has 1 atom stereocenters. The Morgan fingerprint density at radius 2 is 2.16 bits per heavy atom. The molecule has 1 fully saturated rings. The van der Waals surface area contributed by atoms with Gasteiger partial charge in [-0.3, -0.25) is 9.98 Å². The van der Waals surface area contributed by atoms with Crippen LogP contribution in [0.15, 0.2) is 34.3 Å². The number of rotatable bonds is 6. The highest BCUT2D eigenvalue weighted by atomic mass is 35.5. The summed E-state index contributed by atoms with van der Waals surface area (Å²) in [4.78, 5) is 15.2. The Balaban J connectivity index is 1.62. The smallest absolute Gasteiger partial charge is 0.241 e. The van der Waals surface area contributed by atoms with E-state index in [2.05, 4.69) is 25.0 Å². The van der Waals surface area contributed by atoms with Gasteiger partial charge in [0.1, 0.15) is 10.0 Å². The summed E-state index contributed by atoms with van der Waals surface area (Å²) in [5.41, 5.74) is 2.27. The van der Waals surface area contributed by atoms with Crippen LogP contribution in [0.25, 0.3) is 0 Å². The largest absolute Gasteiger partial charge is 0.367 e. The molecule has 11 heteroatoms. The van der Waals surface area contributed by atoms with Gasteiger partial charge in [-0.2, -0.15) is 0 Å². The highest BCUT2D eigenvalue weighted by Gasteiger charge is 2.38. The Hall–Kier alpha value is -2.27. The van der Waals surface area contributed by atoms with Crippen molar-refractivity contribution in [3.8, 4) is 0 Å². The molecule has 0 saturated heterocycles. The molecule has 9 nitrogen and oxygen atoms in total. The maximum atomic E-state index is 11.8. The van der Waals surface area contributed by atoms with Crippen molar-refractivity contribution in [1.82, 2.24) is 14.7 Å². The van der Waals surface area contributed by atoms with E-state index < -0.39 is 16.3 Å². The van der Waals surface area contributed by atoms with Crippen molar-refractivity contribution in [2.75, 3.05) is 17.3 Å². The second-order valence-electron chi connectivity index (χ2n) is 7.55. The fraction of sp³-hybridized carbons (Fsp3) is 0.450. The molecule has 0 bridgehead atoms. The number of nitrogens with one attached hydrogen (secondary N) is 2. The average Bonchev–Trinajstić information content (AvgIpc) is 2.73. The molecule has 3 heterocycles. The van der Waals surface area contributed by atoms with Crippen LogP contribution >= 0.6 is 11.6 Å². The van der Waals surface area contributed by atoms with E-state index in [1.54, 1.807) is 6.07 Å². The van der Waals surface area contributed by atoms with Crippen molar-refractivity contribution in [3.05, 3.63) is 40.8 Å². The number of aliphatic hydroxyl groups is 1. The van der Waals surface area contributed by atoms with Crippen LogP contribution in [0.3, 0.4) is 0 Å². The average molecular weight is 465 g/mol. The van der Waals surface area contributed by atoms with Gasteiger partial charge >= 0.3 is 0 Å². The number of pyridine rings is 2. The van der Waals surface area contributed by atoms with Crippen LogP contribution in [0.5, 0.6) is 0 Å². The maximum absolute atomic E-state index is 11.8. The van der Waals surface area contributed by atoms with E-state index in [9.17, 15) is 13.5 Å². The zero-order chi connectivity index (χ0) is 22.2. The Morgan fingerprint density at radius 1 is 1.39 bits per heavy atom. The third kappa shape index (κ3) is 4.25. The first-order valence-electron chi connectivity index (χ1n) is 10.2. The number of nitrogens with zero attached hydrogens (tertiary/aromatic N) is 4. The molecule has 0 amide bonds. The number of aliphatic hydroxyl groups excluding tert-OH is 1. The van der Waals surface area contributed by atoms with Crippen LogP contribution in [0.1, 0.15) is 37.4 Å². The molecule has 4 rings (SSSR count). The second kappa shape index (κ2) is 8.70. The van der Waals surface area contributed by atoms with Gasteiger partial charge in [-0.1, -0.05) is 18.5 Å². The quantitative estimate of drug-likeness (QED) is 0.561. The fourth-order valence-electron chi connectivity index (χ4n) is 3.62. The number of hydrogen-bond donors (Lipinski definition) is 3. The zero-order valence-corrected chi connectivity index (χ0v) is 18.9. The van der Waals surface area contributed by atoms with Crippen LogP contribution in [-0.2, 0) is 23.0 Å². The van der Waals surface area contributed by atoms with Gasteiger partial charge in [0.15, 0.2) is 17.9 Å². The topological polar surface area (TPSA) is 120 Å². The monoisotopic (exact) mass is 464 g/mol. The fourth-order valence-corrected chi connectivity index (χ4v) is 4.56. The van der Waals surface area contributed by atoms with Crippen molar-refractivity contribution < 1.29 is 13.5 Å².